The molecule has 2 rings (SSSR count). The molecule has 0 radical (unpaired) electrons. The SMILES string of the molecule is CC(C(=O)NC1CC1)N(CCN)Cc1ccccc1. The van der Waals surface area contributed by atoms with E-state index in [2.05, 4.69) is 22.3 Å². The van der Waals surface area contributed by atoms with E-state index in [1.165, 1.54) is 5.56 Å². The Morgan fingerprint density at radius 2 is 2.11 bits per heavy atom. The molecular formula is C15H23N3O. The number of hydrogen-bond donors (Lipinski definition) is 2. The Kier molecular flexibility index (Phi) is 4.93. The molecule has 0 spiro atoms. The van der Waals surface area contributed by atoms with Crippen LogP contribution < -0.4 is 11.1 Å². The molecule has 19 heavy (non-hydrogen) atoms. The summed E-state index contributed by atoms with van der Waals surface area (Å²) in [5, 5.41) is 3.06. The molecule has 0 aliphatic heterocycles. The highest BCUT2D eigenvalue weighted by atomic mass is 16.2. The number of nitrogens with two attached hydrogens (primary N) is 1. The van der Waals surface area contributed by atoms with Crippen molar-refractivity contribution in [3.8, 4) is 0 Å². The lowest BCUT2D eigenvalue weighted by Crippen LogP contribution is -2.47. The molecule has 1 amide bonds. The Hall–Kier alpha value is -1.39. The fourth-order valence-electron chi connectivity index (χ4n) is 2.11. The lowest BCUT2D eigenvalue weighted by atomic mass is 10.1. The van der Waals surface area contributed by atoms with E-state index in [0.29, 0.717) is 12.6 Å². The van der Waals surface area contributed by atoms with Crippen LogP contribution in [-0.4, -0.2) is 36.0 Å². The maximum Gasteiger partial charge on any atom is 0.237 e. The third kappa shape index (κ3) is 4.33. The first-order chi connectivity index (χ1) is 9.20. The van der Waals surface area contributed by atoms with Crippen molar-refractivity contribution in [2.24, 2.45) is 5.73 Å². The van der Waals surface area contributed by atoms with Crippen LogP contribution in [0.5, 0.6) is 0 Å². The van der Waals surface area contributed by atoms with Crippen LogP contribution in [0.15, 0.2) is 30.3 Å². The molecule has 1 saturated carbocycles. The minimum absolute atomic E-state index is 0.117. The van der Waals surface area contributed by atoms with Gasteiger partial charge in [0.1, 0.15) is 0 Å². The number of carbonyl (C=O) groups is 1. The molecule has 0 bridgehead atoms. The van der Waals surface area contributed by atoms with Gasteiger partial charge in [0.2, 0.25) is 5.91 Å². The number of rotatable bonds is 7. The van der Waals surface area contributed by atoms with Crippen molar-refractivity contribution in [1.29, 1.82) is 0 Å². The summed E-state index contributed by atoms with van der Waals surface area (Å²) in [5.74, 6) is 0.117. The van der Waals surface area contributed by atoms with Gasteiger partial charge in [0, 0.05) is 25.7 Å². The molecule has 4 heteroatoms. The van der Waals surface area contributed by atoms with Crippen molar-refractivity contribution < 1.29 is 4.79 Å². The van der Waals surface area contributed by atoms with Gasteiger partial charge in [-0.3, -0.25) is 9.69 Å². The van der Waals surface area contributed by atoms with Crippen LogP contribution in [0, 0.1) is 0 Å². The highest BCUT2D eigenvalue weighted by molar-refractivity contribution is 5.81. The van der Waals surface area contributed by atoms with Crippen molar-refractivity contribution in [2.45, 2.75) is 38.4 Å². The van der Waals surface area contributed by atoms with Gasteiger partial charge in [-0.15, -0.1) is 0 Å². The predicted molar refractivity (Wildman–Crippen MR) is 76.5 cm³/mol. The fourth-order valence-corrected chi connectivity index (χ4v) is 2.11. The Morgan fingerprint density at radius 1 is 1.42 bits per heavy atom. The van der Waals surface area contributed by atoms with E-state index >= 15 is 0 Å². The summed E-state index contributed by atoms with van der Waals surface area (Å²) in [5.41, 5.74) is 6.87. The maximum absolute atomic E-state index is 12.1. The average molecular weight is 261 g/mol. The molecule has 1 aliphatic rings. The number of nitrogens with one attached hydrogen (secondary N) is 1. The predicted octanol–water partition coefficient (Wildman–Crippen LogP) is 1.11. The topological polar surface area (TPSA) is 58.4 Å². The summed E-state index contributed by atoms with van der Waals surface area (Å²) >= 11 is 0. The minimum atomic E-state index is -0.135. The molecule has 1 aromatic rings. The van der Waals surface area contributed by atoms with E-state index in [1.807, 2.05) is 25.1 Å². The standard InChI is InChI=1S/C15H23N3O/c1-12(15(19)17-14-7-8-14)18(10-9-16)11-13-5-3-2-4-6-13/h2-6,12,14H,7-11,16H2,1H3,(H,17,19). The molecule has 1 unspecified atom stereocenters. The Labute approximate surface area is 115 Å². The molecule has 1 aliphatic carbocycles. The number of nitrogens with zero attached hydrogens (tertiary/aromatic N) is 1. The zero-order valence-electron chi connectivity index (χ0n) is 11.5. The normalized spacial score (nSPS) is 16.4. The van der Waals surface area contributed by atoms with E-state index < -0.39 is 0 Å². The van der Waals surface area contributed by atoms with Crippen molar-refractivity contribution in [2.75, 3.05) is 13.1 Å². The summed E-state index contributed by atoms with van der Waals surface area (Å²) in [6.45, 7) is 4.01. The average Bonchev–Trinajstić information content (AvgIpc) is 3.22. The number of amides is 1. The second-order valence-electron chi connectivity index (χ2n) is 5.20. The van der Waals surface area contributed by atoms with Crippen molar-refractivity contribution >= 4 is 5.91 Å². The van der Waals surface area contributed by atoms with Gasteiger partial charge in [-0.05, 0) is 25.3 Å². The Morgan fingerprint density at radius 3 is 2.68 bits per heavy atom. The molecular weight excluding hydrogens is 238 g/mol. The monoisotopic (exact) mass is 261 g/mol. The molecule has 1 aromatic carbocycles. The summed E-state index contributed by atoms with van der Waals surface area (Å²) in [7, 11) is 0. The van der Waals surface area contributed by atoms with E-state index in [0.717, 1.165) is 25.9 Å². The zero-order chi connectivity index (χ0) is 13.7. The second kappa shape index (κ2) is 6.68. The molecule has 4 nitrogen and oxygen atoms in total. The van der Waals surface area contributed by atoms with E-state index in [1.54, 1.807) is 0 Å². The van der Waals surface area contributed by atoms with Crippen LogP contribution in [-0.2, 0) is 11.3 Å². The zero-order valence-corrected chi connectivity index (χ0v) is 11.5. The van der Waals surface area contributed by atoms with Gasteiger partial charge in [-0.25, -0.2) is 0 Å². The second-order valence-corrected chi connectivity index (χ2v) is 5.20. The van der Waals surface area contributed by atoms with Gasteiger partial charge in [0.15, 0.2) is 0 Å². The Bertz CT molecular complexity index is 403. The third-order valence-corrected chi connectivity index (χ3v) is 3.50. The lowest BCUT2D eigenvalue weighted by Gasteiger charge is -2.27. The maximum atomic E-state index is 12.1. The van der Waals surface area contributed by atoms with Crippen molar-refractivity contribution in [3.63, 3.8) is 0 Å². The summed E-state index contributed by atoms with van der Waals surface area (Å²) in [4.78, 5) is 14.2. The van der Waals surface area contributed by atoms with Gasteiger partial charge in [-0.1, -0.05) is 30.3 Å². The first-order valence-corrected chi connectivity index (χ1v) is 6.99. The molecule has 104 valence electrons. The quantitative estimate of drug-likeness (QED) is 0.773. The van der Waals surface area contributed by atoms with Gasteiger partial charge < -0.3 is 11.1 Å². The van der Waals surface area contributed by atoms with Crippen molar-refractivity contribution in [3.05, 3.63) is 35.9 Å². The molecule has 0 heterocycles. The van der Waals surface area contributed by atoms with Crippen LogP contribution in [0.1, 0.15) is 25.3 Å². The van der Waals surface area contributed by atoms with Crippen LogP contribution in [0.3, 0.4) is 0 Å². The van der Waals surface area contributed by atoms with Gasteiger partial charge in [0.05, 0.1) is 6.04 Å². The summed E-state index contributed by atoms with van der Waals surface area (Å²) in [6, 6.07) is 10.5. The minimum Gasteiger partial charge on any atom is -0.352 e. The van der Waals surface area contributed by atoms with E-state index in [-0.39, 0.29) is 11.9 Å². The van der Waals surface area contributed by atoms with Crippen LogP contribution >= 0.6 is 0 Å². The van der Waals surface area contributed by atoms with E-state index in [4.69, 9.17) is 5.73 Å². The number of benzene rings is 1. The molecule has 1 atom stereocenters. The first-order valence-electron chi connectivity index (χ1n) is 6.99. The molecule has 3 N–H and O–H groups in total. The molecule has 1 fully saturated rings. The summed E-state index contributed by atoms with van der Waals surface area (Å²) in [6.07, 6.45) is 2.24. The van der Waals surface area contributed by atoms with Crippen LogP contribution in [0.25, 0.3) is 0 Å². The smallest absolute Gasteiger partial charge is 0.237 e. The lowest BCUT2D eigenvalue weighted by molar-refractivity contribution is -0.126. The highest BCUT2D eigenvalue weighted by Crippen LogP contribution is 2.19. The highest BCUT2D eigenvalue weighted by Gasteiger charge is 2.28. The molecule has 0 saturated heterocycles. The van der Waals surface area contributed by atoms with Crippen molar-refractivity contribution in [1.82, 2.24) is 10.2 Å². The number of carbonyl (C=O) groups excluding carboxylic acids is 1. The largest absolute Gasteiger partial charge is 0.352 e. The van der Waals surface area contributed by atoms with E-state index in [9.17, 15) is 4.79 Å². The molecule has 0 aromatic heterocycles. The van der Waals surface area contributed by atoms with Gasteiger partial charge in [0.25, 0.3) is 0 Å². The first kappa shape index (κ1) is 14.0. The van der Waals surface area contributed by atoms with Gasteiger partial charge in [-0.2, -0.15) is 0 Å². The third-order valence-electron chi connectivity index (χ3n) is 3.50. The Balaban J connectivity index is 1.95. The number of hydrogen-bond acceptors (Lipinski definition) is 3. The fraction of sp³-hybridized carbons (Fsp3) is 0.533. The van der Waals surface area contributed by atoms with Crippen LogP contribution in [0.2, 0.25) is 0 Å². The summed E-state index contributed by atoms with van der Waals surface area (Å²) < 4.78 is 0. The van der Waals surface area contributed by atoms with Crippen LogP contribution in [0.4, 0.5) is 0 Å². The van der Waals surface area contributed by atoms with Gasteiger partial charge >= 0.3 is 0 Å².